The summed E-state index contributed by atoms with van der Waals surface area (Å²) in [4.78, 5) is 13.0. The number of hydrogen-bond acceptors (Lipinski definition) is 2. The Morgan fingerprint density at radius 3 is 2.45 bits per heavy atom. The summed E-state index contributed by atoms with van der Waals surface area (Å²) in [6, 6.07) is 5.02. The van der Waals surface area contributed by atoms with E-state index < -0.39 is 5.60 Å². The number of ketones is 1. The van der Waals surface area contributed by atoms with Gasteiger partial charge in [-0.2, -0.15) is 0 Å². The summed E-state index contributed by atoms with van der Waals surface area (Å²) >= 11 is 12.2. The number of carbonyl (C=O) groups excluding carboxylic acids is 1. The molecule has 20 heavy (non-hydrogen) atoms. The van der Waals surface area contributed by atoms with Crippen molar-refractivity contribution in [3.8, 4) is 0 Å². The molecule has 0 saturated heterocycles. The lowest BCUT2D eigenvalue weighted by Gasteiger charge is -2.31. The second-order valence-electron chi connectivity index (χ2n) is 5.29. The zero-order valence-corrected chi connectivity index (χ0v) is 13.3. The molecule has 0 aromatic heterocycles. The molecule has 0 amide bonds. The Morgan fingerprint density at radius 2 is 1.85 bits per heavy atom. The van der Waals surface area contributed by atoms with Crippen LogP contribution in [-0.2, 0) is 4.74 Å². The Balaban J connectivity index is 2.37. The van der Waals surface area contributed by atoms with Crippen LogP contribution < -0.4 is 0 Å². The van der Waals surface area contributed by atoms with E-state index in [0.29, 0.717) is 22.2 Å². The van der Waals surface area contributed by atoms with Gasteiger partial charge in [0.05, 0.1) is 5.02 Å². The van der Waals surface area contributed by atoms with E-state index in [4.69, 9.17) is 27.9 Å². The van der Waals surface area contributed by atoms with Crippen LogP contribution in [0.25, 0.3) is 0 Å². The van der Waals surface area contributed by atoms with Crippen molar-refractivity contribution in [2.45, 2.75) is 51.0 Å². The van der Waals surface area contributed by atoms with E-state index in [1.54, 1.807) is 18.2 Å². The van der Waals surface area contributed by atoms with E-state index in [-0.39, 0.29) is 5.78 Å². The topological polar surface area (TPSA) is 26.3 Å². The largest absolute Gasteiger partial charge is 0.367 e. The summed E-state index contributed by atoms with van der Waals surface area (Å²) in [7, 11) is 0. The predicted molar refractivity (Wildman–Crippen MR) is 82.9 cm³/mol. The van der Waals surface area contributed by atoms with Gasteiger partial charge in [-0.15, -0.1) is 0 Å². The summed E-state index contributed by atoms with van der Waals surface area (Å²) in [5, 5.41) is 0.973. The zero-order chi connectivity index (χ0) is 14.6. The van der Waals surface area contributed by atoms with E-state index in [1.165, 1.54) is 0 Å². The Labute approximate surface area is 130 Å². The van der Waals surface area contributed by atoms with Gasteiger partial charge in [-0.25, -0.2) is 0 Å². The SMILES string of the molecule is CCOC1(C(=O)c2cc(Cl)ccc2Cl)CCCCCC1. The van der Waals surface area contributed by atoms with Crippen LogP contribution in [0.1, 0.15) is 55.8 Å². The van der Waals surface area contributed by atoms with Crippen LogP contribution >= 0.6 is 23.2 Å². The van der Waals surface area contributed by atoms with Crippen LogP contribution in [0.4, 0.5) is 0 Å². The molecule has 0 aliphatic heterocycles. The van der Waals surface area contributed by atoms with E-state index in [9.17, 15) is 4.79 Å². The Hall–Kier alpha value is -0.570. The van der Waals surface area contributed by atoms with Crippen LogP contribution in [0.2, 0.25) is 10.0 Å². The summed E-state index contributed by atoms with van der Waals surface area (Å²) in [6.07, 6.45) is 5.88. The van der Waals surface area contributed by atoms with E-state index in [2.05, 4.69) is 0 Å². The molecule has 110 valence electrons. The summed E-state index contributed by atoms with van der Waals surface area (Å²) in [5.41, 5.74) is -0.242. The minimum absolute atomic E-state index is 0.0197. The van der Waals surface area contributed by atoms with Gasteiger partial charge in [-0.1, -0.05) is 48.9 Å². The number of benzene rings is 1. The van der Waals surface area contributed by atoms with E-state index >= 15 is 0 Å². The number of carbonyl (C=O) groups is 1. The molecule has 0 spiro atoms. The quantitative estimate of drug-likeness (QED) is 0.556. The maximum atomic E-state index is 13.0. The number of Topliss-reactive ketones (excluding diaryl/α,β-unsaturated/α-hetero) is 1. The fraction of sp³-hybridized carbons (Fsp3) is 0.562. The first kappa shape index (κ1) is 15.8. The standard InChI is InChI=1S/C16H20Cl2O2/c1-2-20-16(9-5-3-4-6-10-16)15(19)13-11-12(17)7-8-14(13)18/h7-8,11H,2-6,9-10H2,1H3. The average Bonchev–Trinajstić information content (AvgIpc) is 2.68. The number of rotatable bonds is 4. The summed E-state index contributed by atoms with van der Waals surface area (Å²) in [6.45, 7) is 2.46. The Morgan fingerprint density at radius 1 is 1.20 bits per heavy atom. The van der Waals surface area contributed by atoms with Crippen molar-refractivity contribution >= 4 is 29.0 Å². The molecule has 0 unspecified atom stereocenters. The van der Waals surface area contributed by atoms with Gasteiger partial charge in [0.25, 0.3) is 0 Å². The lowest BCUT2D eigenvalue weighted by atomic mass is 9.85. The highest BCUT2D eigenvalue weighted by molar-refractivity contribution is 6.36. The molecule has 1 aromatic rings. The number of ether oxygens (including phenoxy) is 1. The second kappa shape index (κ2) is 6.93. The third-order valence-corrected chi connectivity index (χ3v) is 4.48. The predicted octanol–water partition coefficient (Wildman–Crippen LogP) is 5.31. The highest BCUT2D eigenvalue weighted by Crippen LogP contribution is 2.36. The van der Waals surface area contributed by atoms with Gasteiger partial charge in [-0.05, 0) is 38.0 Å². The highest BCUT2D eigenvalue weighted by atomic mass is 35.5. The molecule has 1 aromatic carbocycles. The molecular weight excluding hydrogens is 295 g/mol. The van der Waals surface area contributed by atoms with Gasteiger partial charge >= 0.3 is 0 Å². The van der Waals surface area contributed by atoms with Crippen LogP contribution in [0.15, 0.2) is 18.2 Å². The number of halogens is 2. The summed E-state index contributed by atoms with van der Waals surface area (Å²) < 4.78 is 5.91. The first-order chi connectivity index (χ1) is 9.59. The second-order valence-corrected chi connectivity index (χ2v) is 6.14. The van der Waals surface area contributed by atoms with E-state index in [1.807, 2.05) is 6.92 Å². The molecule has 4 heteroatoms. The maximum absolute atomic E-state index is 13.0. The lowest BCUT2D eigenvalue weighted by Crippen LogP contribution is -2.41. The fourth-order valence-electron chi connectivity index (χ4n) is 2.93. The van der Waals surface area contributed by atoms with E-state index in [0.717, 1.165) is 38.5 Å². The van der Waals surface area contributed by atoms with Crippen LogP contribution in [0.3, 0.4) is 0 Å². The van der Waals surface area contributed by atoms with Gasteiger partial charge < -0.3 is 4.74 Å². The van der Waals surface area contributed by atoms with Crippen LogP contribution in [0.5, 0.6) is 0 Å². The fourth-order valence-corrected chi connectivity index (χ4v) is 3.31. The van der Waals surface area contributed by atoms with Crippen LogP contribution in [-0.4, -0.2) is 18.0 Å². The smallest absolute Gasteiger partial charge is 0.196 e. The van der Waals surface area contributed by atoms with Gasteiger partial charge in [0, 0.05) is 17.2 Å². The zero-order valence-electron chi connectivity index (χ0n) is 11.8. The molecule has 0 radical (unpaired) electrons. The molecule has 2 rings (SSSR count). The van der Waals surface area contributed by atoms with Crippen molar-refractivity contribution in [3.05, 3.63) is 33.8 Å². The third kappa shape index (κ3) is 3.36. The van der Waals surface area contributed by atoms with Gasteiger partial charge in [0.15, 0.2) is 5.78 Å². The van der Waals surface area contributed by atoms with Crippen molar-refractivity contribution < 1.29 is 9.53 Å². The molecule has 0 atom stereocenters. The molecule has 0 N–H and O–H groups in total. The van der Waals surface area contributed by atoms with Gasteiger partial charge in [0.2, 0.25) is 0 Å². The highest BCUT2D eigenvalue weighted by Gasteiger charge is 2.40. The molecule has 0 heterocycles. The molecule has 1 aliphatic rings. The first-order valence-corrected chi connectivity index (χ1v) is 7.98. The van der Waals surface area contributed by atoms with Crippen molar-refractivity contribution in [1.29, 1.82) is 0 Å². The Bertz CT molecular complexity index is 477. The van der Waals surface area contributed by atoms with Crippen molar-refractivity contribution in [3.63, 3.8) is 0 Å². The normalized spacial score (nSPS) is 18.6. The minimum atomic E-state index is -0.723. The Kier molecular flexibility index (Phi) is 5.48. The summed E-state index contributed by atoms with van der Waals surface area (Å²) in [5.74, 6) is -0.0197. The average molecular weight is 315 g/mol. The molecule has 2 nitrogen and oxygen atoms in total. The van der Waals surface area contributed by atoms with Crippen molar-refractivity contribution in [2.24, 2.45) is 0 Å². The molecule has 1 fully saturated rings. The van der Waals surface area contributed by atoms with Gasteiger partial charge in [-0.3, -0.25) is 4.79 Å². The molecule has 1 aliphatic carbocycles. The number of hydrogen-bond donors (Lipinski definition) is 0. The monoisotopic (exact) mass is 314 g/mol. The van der Waals surface area contributed by atoms with Crippen LogP contribution in [0, 0.1) is 0 Å². The molecule has 0 bridgehead atoms. The third-order valence-electron chi connectivity index (χ3n) is 3.92. The minimum Gasteiger partial charge on any atom is -0.367 e. The molecule has 1 saturated carbocycles. The maximum Gasteiger partial charge on any atom is 0.196 e. The van der Waals surface area contributed by atoms with Gasteiger partial charge in [0.1, 0.15) is 5.60 Å². The van der Waals surface area contributed by atoms with Crippen molar-refractivity contribution in [2.75, 3.05) is 6.61 Å². The molecular formula is C16H20Cl2O2. The lowest BCUT2D eigenvalue weighted by molar-refractivity contribution is -0.0292. The first-order valence-electron chi connectivity index (χ1n) is 7.23. The van der Waals surface area contributed by atoms with Crippen molar-refractivity contribution in [1.82, 2.24) is 0 Å².